The highest BCUT2D eigenvalue weighted by Crippen LogP contribution is 2.34. The summed E-state index contributed by atoms with van der Waals surface area (Å²) in [7, 11) is 3.17. The Labute approximate surface area is 136 Å². The van der Waals surface area contributed by atoms with Crippen LogP contribution in [-0.2, 0) is 6.42 Å². The van der Waals surface area contributed by atoms with Crippen LogP contribution in [0, 0.1) is 5.92 Å². The monoisotopic (exact) mass is 308 g/mol. The van der Waals surface area contributed by atoms with Crippen molar-refractivity contribution in [1.29, 1.82) is 0 Å². The Morgan fingerprint density at radius 2 is 1.45 bits per heavy atom. The third kappa shape index (κ3) is 6.50. The van der Waals surface area contributed by atoms with E-state index in [-0.39, 0.29) is 5.78 Å². The summed E-state index contributed by atoms with van der Waals surface area (Å²) < 4.78 is 10.3. The van der Waals surface area contributed by atoms with Crippen molar-refractivity contribution in [2.45, 2.75) is 60.3 Å². The van der Waals surface area contributed by atoms with E-state index in [2.05, 4.69) is 34.6 Å². The van der Waals surface area contributed by atoms with Gasteiger partial charge in [0.1, 0.15) is 0 Å². The van der Waals surface area contributed by atoms with Crippen LogP contribution in [0.3, 0.4) is 0 Å². The van der Waals surface area contributed by atoms with E-state index in [0.717, 1.165) is 23.5 Å². The van der Waals surface area contributed by atoms with Crippen molar-refractivity contribution in [3.63, 3.8) is 0 Å². The van der Waals surface area contributed by atoms with Crippen LogP contribution in [0.2, 0.25) is 0 Å². The predicted octanol–water partition coefficient (Wildman–Crippen LogP) is 5.30. The Morgan fingerprint density at radius 3 is 1.86 bits per heavy atom. The Morgan fingerprint density at radius 1 is 1.00 bits per heavy atom. The number of benzene rings is 1. The summed E-state index contributed by atoms with van der Waals surface area (Å²) in [5, 5.41) is 0. The zero-order valence-corrected chi connectivity index (χ0v) is 15.3. The third-order valence-electron chi connectivity index (χ3n) is 3.35. The summed E-state index contributed by atoms with van der Waals surface area (Å²) in [6.45, 7) is 10.9. The van der Waals surface area contributed by atoms with Crippen LogP contribution in [0.15, 0.2) is 12.1 Å². The highest BCUT2D eigenvalue weighted by atomic mass is 16.5. The molecule has 126 valence electrons. The molecule has 0 saturated heterocycles. The third-order valence-corrected chi connectivity index (χ3v) is 3.35. The van der Waals surface area contributed by atoms with Crippen molar-refractivity contribution >= 4 is 5.78 Å². The minimum absolute atomic E-state index is 0.195. The maximum atomic E-state index is 11.4. The molecule has 0 radical (unpaired) electrons. The molecule has 0 amide bonds. The molecule has 22 heavy (non-hydrogen) atoms. The SMILES string of the molecule is CCC.CCC(C)C.COc1cc2c(cc1OC)C(=O)CC2. The molecule has 0 heterocycles. The van der Waals surface area contributed by atoms with E-state index < -0.39 is 0 Å². The second kappa shape index (κ2) is 11.1. The minimum Gasteiger partial charge on any atom is -0.493 e. The number of Topliss-reactive ketones (excluding diaryl/α,β-unsaturated/α-hetero) is 1. The maximum Gasteiger partial charge on any atom is 0.163 e. The molecule has 1 aliphatic carbocycles. The van der Waals surface area contributed by atoms with Gasteiger partial charge in [0.05, 0.1) is 14.2 Å². The zero-order chi connectivity index (χ0) is 17.1. The minimum atomic E-state index is 0.195. The lowest BCUT2D eigenvalue weighted by molar-refractivity contribution is 0.0994. The average molecular weight is 308 g/mol. The first-order valence-electron chi connectivity index (χ1n) is 8.22. The topological polar surface area (TPSA) is 35.5 Å². The summed E-state index contributed by atoms with van der Waals surface area (Å²) in [6, 6.07) is 3.66. The molecular formula is C19H32O3. The lowest BCUT2D eigenvalue weighted by atomic mass is 10.1. The smallest absolute Gasteiger partial charge is 0.163 e. The maximum absolute atomic E-state index is 11.4. The van der Waals surface area contributed by atoms with Crippen molar-refractivity contribution in [1.82, 2.24) is 0 Å². The number of carbonyl (C=O) groups is 1. The molecule has 0 aromatic heterocycles. The molecule has 2 rings (SSSR count). The standard InChI is InChI=1S/C11H12O3.C5H12.C3H8/c1-13-10-5-7-3-4-9(12)8(7)6-11(10)14-2;1-4-5(2)3;1-3-2/h5-6H,3-4H2,1-2H3;5H,4H2,1-3H3;3H2,1-2H3. The number of ether oxygens (including phenoxy) is 2. The molecule has 0 aliphatic heterocycles. The molecule has 3 heteroatoms. The second-order valence-electron chi connectivity index (χ2n) is 5.80. The van der Waals surface area contributed by atoms with Crippen LogP contribution < -0.4 is 9.47 Å². The summed E-state index contributed by atoms with van der Waals surface area (Å²) in [5.41, 5.74) is 1.84. The van der Waals surface area contributed by atoms with Crippen LogP contribution in [0.25, 0.3) is 0 Å². The van der Waals surface area contributed by atoms with Crippen LogP contribution in [0.4, 0.5) is 0 Å². The Hall–Kier alpha value is -1.51. The lowest BCUT2D eigenvalue weighted by Crippen LogP contribution is -1.96. The highest BCUT2D eigenvalue weighted by Gasteiger charge is 2.22. The molecule has 0 N–H and O–H groups in total. The number of hydrogen-bond donors (Lipinski definition) is 0. The number of rotatable bonds is 3. The molecule has 3 nitrogen and oxygen atoms in total. The Bertz CT molecular complexity index is 450. The Kier molecular flexibility index (Phi) is 10.3. The number of methoxy groups -OCH3 is 2. The second-order valence-corrected chi connectivity index (χ2v) is 5.80. The van der Waals surface area contributed by atoms with E-state index in [0.29, 0.717) is 17.9 Å². The number of hydrogen-bond acceptors (Lipinski definition) is 3. The van der Waals surface area contributed by atoms with E-state index >= 15 is 0 Å². The van der Waals surface area contributed by atoms with Gasteiger partial charge in [-0.05, 0) is 30.0 Å². The molecule has 1 aromatic rings. The zero-order valence-electron chi connectivity index (χ0n) is 15.3. The van der Waals surface area contributed by atoms with Crippen LogP contribution >= 0.6 is 0 Å². The van der Waals surface area contributed by atoms with Crippen molar-refractivity contribution in [2.75, 3.05) is 14.2 Å². The number of ketones is 1. The van der Waals surface area contributed by atoms with E-state index in [1.54, 1.807) is 20.3 Å². The molecule has 0 atom stereocenters. The van der Waals surface area contributed by atoms with Gasteiger partial charge in [-0.3, -0.25) is 4.79 Å². The van der Waals surface area contributed by atoms with Crippen molar-refractivity contribution in [3.05, 3.63) is 23.3 Å². The lowest BCUT2D eigenvalue weighted by Gasteiger charge is -2.09. The summed E-state index contributed by atoms with van der Waals surface area (Å²) in [5.74, 6) is 2.40. The van der Waals surface area contributed by atoms with Crippen molar-refractivity contribution in [2.24, 2.45) is 5.92 Å². The number of fused-ring (bicyclic) bond motifs is 1. The average Bonchev–Trinajstić information content (AvgIpc) is 2.87. The summed E-state index contributed by atoms with van der Waals surface area (Å²) in [6.07, 6.45) is 3.97. The number of aryl methyl sites for hydroxylation is 1. The quantitative estimate of drug-likeness (QED) is 0.760. The van der Waals surface area contributed by atoms with Gasteiger partial charge in [0.2, 0.25) is 0 Å². The van der Waals surface area contributed by atoms with Gasteiger partial charge in [-0.15, -0.1) is 0 Å². The van der Waals surface area contributed by atoms with Gasteiger partial charge in [0.15, 0.2) is 17.3 Å². The molecule has 0 saturated carbocycles. The molecular weight excluding hydrogens is 276 g/mol. The van der Waals surface area contributed by atoms with E-state index in [9.17, 15) is 4.79 Å². The fraction of sp³-hybridized carbons (Fsp3) is 0.632. The largest absolute Gasteiger partial charge is 0.493 e. The van der Waals surface area contributed by atoms with Crippen LogP contribution in [0.1, 0.15) is 69.8 Å². The fourth-order valence-corrected chi connectivity index (χ4v) is 1.77. The number of carbonyl (C=O) groups excluding carboxylic acids is 1. The van der Waals surface area contributed by atoms with Gasteiger partial charge in [0.25, 0.3) is 0 Å². The van der Waals surface area contributed by atoms with E-state index in [1.807, 2.05) is 6.07 Å². The first kappa shape index (κ1) is 20.5. The molecule has 0 fully saturated rings. The van der Waals surface area contributed by atoms with Crippen molar-refractivity contribution < 1.29 is 14.3 Å². The normalized spacial score (nSPS) is 11.9. The first-order valence-corrected chi connectivity index (χ1v) is 8.22. The highest BCUT2D eigenvalue weighted by molar-refractivity contribution is 6.01. The van der Waals surface area contributed by atoms with Gasteiger partial charge in [-0.2, -0.15) is 0 Å². The van der Waals surface area contributed by atoms with E-state index in [1.165, 1.54) is 12.8 Å². The van der Waals surface area contributed by atoms with Gasteiger partial charge >= 0.3 is 0 Å². The van der Waals surface area contributed by atoms with Gasteiger partial charge in [0, 0.05) is 12.0 Å². The molecule has 0 spiro atoms. The summed E-state index contributed by atoms with van der Waals surface area (Å²) >= 11 is 0. The molecule has 1 aliphatic rings. The molecule has 0 unspecified atom stereocenters. The fourth-order valence-electron chi connectivity index (χ4n) is 1.77. The van der Waals surface area contributed by atoms with Crippen molar-refractivity contribution in [3.8, 4) is 11.5 Å². The van der Waals surface area contributed by atoms with Crippen LogP contribution in [0.5, 0.6) is 11.5 Å². The van der Waals surface area contributed by atoms with E-state index in [4.69, 9.17) is 9.47 Å². The van der Waals surface area contributed by atoms with Gasteiger partial charge < -0.3 is 9.47 Å². The Balaban J connectivity index is 0.000000465. The predicted molar refractivity (Wildman–Crippen MR) is 93.3 cm³/mol. The van der Waals surface area contributed by atoms with Gasteiger partial charge in [-0.1, -0.05) is 47.5 Å². The molecule has 0 bridgehead atoms. The summed E-state index contributed by atoms with van der Waals surface area (Å²) in [4.78, 5) is 11.4. The van der Waals surface area contributed by atoms with Gasteiger partial charge in [-0.25, -0.2) is 0 Å². The van der Waals surface area contributed by atoms with Crippen LogP contribution in [-0.4, -0.2) is 20.0 Å². The molecule has 1 aromatic carbocycles. The first-order chi connectivity index (χ1) is 10.4.